The maximum Gasteiger partial charge on any atom is 0.140 e. The summed E-state index contributed by atoms with van der Waals surface area (Å²) in [4.78, 5) is 0.228. The molecule has 4 heteroatoms. The molecule has 110 valence electrons. The van der Waals surface area contributed by atoms with Crippen molar-refractivity contribution in [2.24, 2.45) is 0 Å². The van der Waals surface area contributed by atoms with Crippen LogP contribution in [-0.2, 0) is 11.0 Å². The Bertz CT molecular complexity index is 425. The van der Waals surface area contributed by atoms with Crippen LogP contribution in [0.1, 0.15) is 59.9 Å². The molecule has 1 atom stereocenters. The first kappa shape index (κ1) is 18.3. The van der Waals surface area contributed by atoms with E-state index in [2.05, 4.69) is 4.72 Å². The molecular weight excluding hydrogens is 261 g/mol. The Kier molecular flexibility index (Phi) is 7.45. The molecule has 0 aliphatic rings. The Hall–Kier alpha value is -0.740. The van der Waals surface area contributed by atoms with Gasteiger partial charge in [-0.1, -0.05) is 33.8 Å². The minimum Gasteiger partial charge on any atom is -0.237 e. The second kappa shape index (κ2) is 7.75. The first-order chi connectivity index (χ1) is 8.70. The molecule has 0 aromatic heterocycles. The lowest BCUT2D eigenvalue weighted by atomic mass is 10.0. The Morgan fingerprint density at radius 1 is 1.21 bits per heavy atom. The molecule has 0 fully saturated rings. The normalized spacial score (nSPS) is 12.9. The quantitative estimate of drug-likeness (QED) is 0.878. The Morgan fingerprint density at radius 3 is 2.16 bits per heavy atom. The van der Waals surface area contributed by atoms with E-state index in [0.717, 1.165) is 5.56 Å². The number of rotatable bonds is 3. The van der Waals surface area contributed by atoms with Crippen LogP contribution in [0.2, 0.25) is 0 Å². The molecule has 19 heavy (non-hydrogen) atoms. The number of benzene rings is 1. The molecule has 0 amide bonds. The van der Waals surface area contributed by atoms with Crippen LogP contribution in [0.15, 0.2) is 23.1 Å². The van der Waals surface area contributed by atoms with E-state index >= 15 is 0 Å². The molecule has 2 nitrogen and oxygen atoms in total. The molecule has 1 unspecified atom stereocenters. The van der Waals surface area contributed by atoms with Gasteiger partial charge in [-0.15, -0.1) is 0 Å². The third-order valence-corrected chi connectivity index (χ3v) is 3.73. The van der Waals surface area contributed by atoms with Crippen LogP contribution in [0.3, 0.4) is 0 Å². The predicted molar refractivity (Wildman–Crippen MR) is 81.1 cm³/mol. The van der Waals surface area contributed by atoms with Crippen molar-refractivity contribution < 1.29 is 8.60 Å². The molecule has 1 N–H and O–H groups in total. The van der Waals surface area contributed by atoms with Crippen LogP contribution in [-0.4, -0.2) is 9.75 Å². The fraction of sp³-hybridized carbons (Fsp3) is 0.600. The summed E-state index contributed by atoms with van der Waals surface area (Å²) in [7, 11) is -1.52. The van der Waals surface area contributed by atoms with Crippen molar-refractivity contribution in [3.63, 3.8) is 0 Å². The van der Waals surface area contributed by atoms with Gasteiger partial charge in [0.1, 0.15) is 16.8 Å². The van der Waals surface area contributed by atoms with Crippen molar-refractivity contribution >= 4 is 11.0 Å². The van der Waals surface area contributed by atoms with E-state index in [0.29, 0.717) is 5.92 Å². The van der Waals surface area contributed by atoms with Gasteiger partial charge >= 0.3 is 0 Å². The maximum atomic E-state index is 13.6. The fourth-order valence-electron chi connectivity index (χ4n) is 1.35. The lowest BCUT2D eigenvalue weighted by Crippen LogP contribution is -2.37. The zero-order chi connectivity index (χ0) is 15.2. The molecule has 1 aromatic rings. The zero-order valence-electron chi connectivity index (χ0n) is 13.0. The van der Waals surface area contributed by atoms with E-state index in [9.17, 15) is 8.60 Å². The standard InChI is InChI=1S/C13H20FNOS.C2H6/c1-9(2)10-6-7-11(14)12(8-10)17(16)15-13(3,4)5;1-2/h6-9,15H,1-5H3;1-2H3. The smallest absolute Gasteiger partial charge is 0.140 e. The molecule has 0 spiro atoms. The van der Waals surface area contributed by atoms with Gasteiger partial charge in [-0.25, -0.2) is 13.3 Å². The Morgan fingerprint density at radius 2 is 1.74 bits per heavy atom. The van der Waals surface area contributed by atoms with Crippen molar-refractivity contribution in [1.82, 2.24) is 4.72 Å². The van der Waals surface area contributed by atoms with Crippen molar-refractivity contribution in [3.05, 3.63) is 29.6 Å². The van der Waals surface area contributed by atoms with Crippen LogP contribution in [0.4, 0.5) is 4.39 Å². The first-order valence-electron chi connectivity index (χ1n) is 6.70. The third kappa shape index (κ3) is 6.30. The van der Waals surface area contributed by atoms with Gasteiger partial charge in [-0.2, -0.15) is 0 Å². The van der Waals surface area contributed by atoms with Crippen molar-refractivity contribution in [1.29, 1.82) is 0 Å². The highest BCUT2D eigenvalue weighted by molar-refractivity contribution is 7.83. The summed E-state index contributed by atoms with van der Waals surface area (Å²) in [5, 5.41) is 0. The summed E-state index contributed by atoms with van der Waals surface area (Å²) < 4.78 is 28.5. The fourth-order valence-corrected chi connectivity index (χ4v) is 2.51. The predicted octanol–water partition coefficient (Wildman–Crippen LogP) is 4.39. The van der Waals surface area contributed by atoms with E-state index in [-0.39, 0.29) is 10.4 Å². The summed E-state index contributed by atoms with van der Waals surface area (Å²) in [5.74, 6) is -0.134. The minimum atomic E-state index is -1.52. The van der Waals surface area contributed by atoms with E-state index < -0.39 is 16.8 Å². The number of halogens is 1. The summed E-state index contributed by atoms with van der Waals surface area (Å²) in [6.07, 6.45) is 0. The average Bonchev–Trinajstić information content (AvgIpc) is 2.29. The average molecular weight is 287 g/mol. The van der Waals surface area contributed by atoms with Crippen LogP contribution in [0.25, 0.3) is 0 Å². The highest BCUT2D eigenvalue weighted by Crippen LogP contribution is 2.20. The molecule has 0 saturated carbocycles. The van der Waals surface area contributed by atoms with Gasteiger partial charge in [0.15, 0.2) is 0 Å². The van der Waals surface area contributed by atoms with Crippen molar-refractivity contribution in [2.75, 3.05) is 0 Å². The van der Waals surface area contributed by atoms with E-state index in [1.54, 1.807) is 12.1 Å². The van der Waals surface area contributed by atoms with Gasteiger partial charge in [-0.3, -0.25) is 0 Å². The molecule has 0 heterocycles. The Labute approximate surface area is 119 Å². The second-order valence-corrected chi connectivity index (χ2v) is 6.65. The van der Waals surface area contributed by atoms with Gasteiger partial charge in [-0.05, 0) is 44.4 Å². The van der Waals surface area contributed by atoms with Crippen molar-refractivity contribution in [3.8, 4) is 0 Å². The van der Waals surface area contributed by atoms with Crippen molar-refractivity contribution in [2.45, 2.75) is 64.8 Å². The third-order valence-electron chi connectivity index (χ3n) is 2.22. The topological polar surface area (TPSA) is 29.1 Å². The summed E-state index contributed by atoms with van der Waals surface area (Å²) in [6, 6.07) is 4.79. The molecule has 0 radical (unpaired) electrons. The van der Waals surface area contributed by atoms with Crippen LogP contribution < -0.4 is 4.72 Å². The zero-order valence-corrected chi connectivity index (χ0v) is 13.8. The monoisotopic (exact) mass is 287 g/mol. The van der Waals surface area contributed by atoms with Gasteiger partial charge in [0.2, 0.25) is 0 Å². The molecule has 1 rings (SSSR count). The summed E-state index contributed by atoms with van der Waals surface area (Å²) >= 11 is 0. The number of hydrogen-bond acceptors (Lipinski definition) is 1. The second-order valence-electron chi connectivity index (χ2n) is 5.47. The maximum absolute atomic E-state index is 13.6. The lowest BCUT2D eigenvalue weighted by Gasteiger charge is -2.20. The SMILES string of the molecule is CC.CC(C)c1ccc(F)c(S(=O)NC(C)(C)C)c1. The van der Waals surface area contributed by atoms with Crippen LogP contribution in [0, 0.1) is 5.82 Å². The lowest BCUT2D eigenvalue weighted by molar-refractivity contribution is 0.516. The minimum absolute atomic E-state index is 0.228. The van der Waals surface area contributed by atoms with E-state index in [4.69, 9.17) is 0 Å². The summed E-state index contributed by atoms with van der Waals surface area (Å²) in [5.41, 5.74) is 0.677. The van der Waals surface area contributed by atoms with Crippen LogP contribution >= 0.6 is 0 Å². The number of hydrogen-bond donors (Lipinski definition) is 1. The molecule has 0 bridgehead atoms. The summed E-state index contributed by atoms with van der Waals surface area (Å²) in [6.45, 7) is 13.7. The molecule has 0 aliphatic heterocycles. The highest BCUT2D eigenvalue weighted by Gasteiger charge is 2.18. The van der Waals surface area contributed by atoms with E-state index in [1.165, 1.54) is 6.07 Å². The highest BCUT2D eigenvalue weighted by atomic mass is 32.2. The van der Waals surface area contributed by atoms with Gasteiger partial charge in [0.25, 0.3) is 0 Å². The first-order valence-corrected chi connectivity index (χ1v) is 7.85. The van der Waals surface area contributed by atoms with E-state index in [1.807, 2.05) is 48.5 Å². The number of nitrogens with one attached hydrogen (secondary N) is 1. The van der Waals surface area contributed by atoms with Gasteiger partial charge in [0, 0.05) is 5.54 Å². The molecule has 0 saturated heterocycles. The largest absolute Gasteiger partial charge is 0.237 e. The Balaban J connectivity index is 0.00000154. The van der Waals surface area contributed by atoms with Gasteiger partial charge in [0.05, 0.1) is 4.90 Å². The van der Waals surface area contributed by atoms with Crippen LogP contribution in [0.5, 0.6) is 0 Å². The molecular formula is C15H26FNOS. The van der Waals surface area contributed by atoms with Gasteiger partial charge < -0.3 is 0 Å². The molecule has 1 aromatic carbocycles. The molecule has 0 aliphatic carbocycles.